The Morgan fingerprint density at radius 1 is 0.864 bits per heavy atom. The first-order valence-electron chi connectivity index (χ1n) is 8.11. The van der Waals surface area contributed by atoms with Crippen LogP contribution in [0.1, 0.15) is 55.2 Å². The van der Waals surface area contributed by atoms with Crippen LogP contribution in [0.15, 0.2) is 54.0 Å². The molecule has 112 valence electrons. The summed E-state index contributed by atoms with van der Waals surface area (Å²) in [6.45, 7) is 7.02. The van der Waals surface area contributed by atoms with Crippen molar-refractivity contribution in [2.75, 3.05) is 11.9 Å². The van der Waals surface area contributed by atoms with Crippen LogP contribution in [-0.2, 0) is 0 Å². The summed E-state index contributed by atoms with van der Waals surface area (Å²) in [6, 6.07) is 11.0. The molecule has 2 heterocycles. The third-order valence-corrected chi connectivity index (χ3v) is 5.59. The van der Waals surface area contributed by atoms with E-state index in [2.05, 4.69) is 74.2 Å². The summed E-state index contributed by atoms with van der Waals surface area (Å²) >= 11 is 0. The molecule has 2 aliphatic rings. The van der Waals surface area contributed by atoms with E-state index < -0.39 is 0 Å². The topological polar surface area (TPSA) is 16.1 Å². The van der Waals surface area contributed by atoms with Gasteiger partial charge in [0.2, 0.25) is 0 Å². The molecule has 0 bridgehead atoms. The number of para-hydroxylation sites is 1. The quantitative estimate of drug-likeness (QED) is 0.692. The Hall–Kier alpha value is -2.09. The van der Waals surface area contributed by atoms with Crippen LogP contribution < -0.4 is 4.90 Å². The smallest absolute Gasteiger partial charge is 0.0444 e. The maximum atomic E-state index is 4.37. The second kappa shape index (κ2) is 4.70. The van der Waals surface area contributed by atoms with Crippen molar-refractivity contribution in [3.05, 3.63) is 70.7 Å². The number of fused-ring (bicyclic) bond motifs is 2. The predicted molar refractivity (Wildman–Crippen MR) is 91.4 cm³/mol. The average Bonchev–Trinajstić information content (AvgIpc) is 2.56. The van der Waals surface area contributed by atoms with Gasteiger partial charge in [0.25, 0.3) is 0 Å². The van der Waals surface area contributed by atoms with Crippen molar-refractivity contribution >= 4 is 5.69 Å². The lowest BCUT2D eigenvalue weighted by Crippen LogP contribution is -2.33. The molecule has 3 unspecified atom stereocenters. The number of hydrogen-bond donors (Lipinski definition) is 0. The van der Waals surface area contributed by atoms with E-state index in [1.807, 2.05) is 6.20 Å². The molecule has 0 saturated carbocycles. The average molecular weight is 290 g/mol. The van der Waals surface area contributed by atoms with E-state index in [4.69, 9.17) is 0 Å². The number of rotatable bonds is 0. The molecule has 3 atom stereocenters. The standard InChI is InChI=1S/C20H22N2/c1-12-15-9-10-21-11-17(15)14(3)20-19(12)13(2)16-7-5-6-8-18(16)22(20)4/h5-14H,1-4H3. The summed E-state index contributed by atoms with van der Waals surface area (Å²) in [5.41, 5.74) is 8.67. The number of likely N-dealkylation sites (N-methyl/N-ethyl adjacent to an activating group) is 1. The lowest BCUT2D eigenvalue weighted by atomic mass is 9.69. The van der Waals surface area contributed by atoms with Crippen LogP contribution in [0.25, 0.3) is 0 Å². The lowest BCUT2D eigenvalue weighted by Gasteiger charge is -2.44. The van der Waals surface area contributed by atoms with Crippen molar-refractivity contribution < 1.29 is 0 Å². The molecule has 2 nitrogen and oxygen atoms in total. The second-order valence-corrected chi connectivity index (χ2v) is 6.63. The van der Waals surface area contributed by atoms with E-state index in [-0.39, 0.29) is 0 Å². The van der Waals surface area contributed by atoms with Crippen LogP contribution in [0, 0.1) is 0 Å². The van der Waals surface area contributed by atoms with Gasteiger partial charge in [0.1, 0.15) is 0 Å². The van der Waals surface area contributed by atoms with E-state index in [1.165, 1.54) is 28.1 Å². The van der Waals surface area contributed by atoms with Crippen molar-refractivity contribution in [1.29, 1.82) is 0 Å². The maximum Gasteiger partial charge on any atom is 0.0444 e. The van der Waals surface area contributed by atoms with Crippen LogP contribution in [0.2, 0.25) is 0 Å². The van der Waals surface area contributed by atoms with Gasteiger partial charge in [-0.1, -0.05) is 39.0 Å². The minimum absolute atomic E-state index is 0.399. The van der Waals surface area contributed by atoms with Crippen LogP contribution in [0.4, 0.5) is 5.69 Å². The molecule has 2 aromatic rings. The monoisotopic (exact) mass is 290 g/mol. The van der Waals surface area contributed by atoms with Gasteiger partial charge in [0, 0.05) is 48.6 Å². The minimum atomic E-state index is 0.399. The summed E-state index contributed by atoms with van der Waals surface area (Å²) in [7, 11) is 2.21. The van der Waals surface area contributed by atoms with Crippen LogP contribution >= 0.6 is 0 Å². The Morgan fingerprint density at radius 3 is 2.41 bits per heavy atom. The molecule has 22 heavy (non-hydrogen) atoms. The van der Waals surface area contributed by atoms with Gasteiger partial charge in [-0.2, -0.15) is 0 Å². The lowest BCUT2D eigenvalue weighted by molar-refractivity contribution is 0.639. The van der Waals surface area contributed by atoms with Gasteiger partial charge in [0.05, 0.1) is 0 Å². The fraction of sp³-hybridized carbons (Fsp3) is 0.350. The molecule has 0 N–H and O–H groups in total. The number of aromatic nitrogens is 1. The molecule has 1 aromatic carbocycles. The zero-order valence-electron chi connectivity index (χ0n) is 13.7. The van der Waals surface area contributed by atoms with E-state index >= 15 is 0 Å². The molecule has 1 aromatic heterocycles. The SMILES string of the molecule is CC1C2=C(C(C)c3cnccc31)N(C)c1ccccc1C2C. The molecular weight excluding hydrogens is 268 g/mol. The highest BCUT2D eigenvalue weighted by atomic mass is 15.1. The van der Waals surface area contributed by atoms with E-state index in [9.17, 15) is 0 Å². The Bertz CT molecular complexity index is 647. The summed E-state index contributed by atoms with van der Waals surface area (Å²) < 4.78 is 0. The van der Waals surface area contributed by atoms with E-state index in [0.717, 1.165) is 0 Å². The number of nitrogens with zero attached hydrogens (tertiary/aromatic N) is 2. The predicted octanol–water partition coefficient (Wildman–Crippen LogP) is 4.81. The zero-order chi connectivity index (χ0) is 15.4. The third kappa shape index (κ3) is 1.64. The second-order valence-electron chi connectivity index (χ2n) is 6.63. The number of anilines is 1. The number of benzene rings is 1. The third-order valence-electron chi connectivity index (χ3n) is 5.59. The summed E-state index contributed by atoms with van der Waals surface area (Å²) in [4.78, 5) is 6.77. The molecule has 0 saturated heterocycles. The van der Waals surface area contributed by atoms with Crippen LogP contribution in [0.5, 0.6) is 0 Å². The Balaban J connectivity index is 1.96. The fourth-order valence-corrected chi connectivity index (χ4v) is 4.50. The largest absolute Gasteiger partial charge is 0.347 e. The molecule has 0 fully saturated rings. The summed E-state index contributed by atoms with van der Waals surface area (Å²) in [5.74, 6) is 1.33. The van der Waals surface area contributed by atoms with Gasteiger partial charge in [0.15, 0.2) is 0 Å². The first-order chi connectivity index (χ1) is 10.6. The van der Waals surface area contributed by atoms with Gasteiger partial charge in [-0.25, -0.2) is 0 Å². The molecule has 1 aliphatic heterocycles. The van der Waals surface area contributed by atoms with Gasteiger partial charge >= 0.3 is 0 Å². The van der Waals surface area contributed by atoms with Gasteiger partial charge in [-0.15, -0.1) is 0 Å². The molecule has 1 aliphatic carbocycles. The Kier molecular flexibility index (Phi) is 2.90. The number of hydrogen-bond acceptors (Lipinski definition) is 2. The van der Waals surface area contributed by atoms with Crippen molar-refractivity contribution in [2.45, 2.75) is 38.5 Å². The van der Waals surface area contributed by atoms with Gasteiger partial charge < -0.3 is 4.90 Å². The highest BCUT2D eigenvalue weighted by Crippen LogP contribution is 2.53. The normalized spacial score (nSPS) is 26.4. The molecule has 2 heteroatoms. The van der Waals surface area contributed by atoms with Crippen LogP contribution in [0.3, 0.4) is 0 Å². The highest BCUT2D eigenvalue weighted by Gasteiger charge is 2.38. The van der Waals surface area contributed by atoms with E-state index in [0.29, 0.717) is 17.8 Å². The molecule has 0 radical (unpaired) electrons. The summed E-state index contributed by atoms with van der Waals surface area (Å²) in [5, 5.41) is 0. The van der Waals surface area contributed by atoms with Crippen molar-refractivity contribution in [2.24, 2.45) is 0 Å². The highest BCUT2D eigenvalue weighted by molar-refractivity contribution is 5.68. The van der Waals surface area contributed by atoms with Gasteiger partial charge in [-0.05, 0) is 34.4 Å². The molecular formula is C20H22N2. The van der Waals surface area contributed by atoms with Gasteiger partial charge in [-0.3, -0.25) is 4.98 Å². The number of allylic oxidation sites excluding steroid dienone is 2. The Labute approximate surface area is 132 Å². The first kappa shape index (κ1) is 13.6. The van der Waals surface area contributed by atoms with E-state index in [1.54, 1.807) is 5.57 Å². The minimum Gasteiger partial charge on any atom is -0.347 e. The van der Waals surface area contributed by atoms with Crippen molar-refractivity contribution in [1.82, 2.24) is 4.98 Å². The van der Waals surface area contributed by atoms with Crippen molar-refractivity contribution in [3.8, 4) is 0 Å². The summed E-state index contributed by atoms with van der Waals surface area (Å²) in [6.07, 6.45) is 3.98. The van der Waals surface area contributed by atoms with Crippen LogP contribution in [-0.4, -0.2) is 12.0 Å². The number of pyridine rings is 1. The fourth-order valence-electron chi connectivity index (χ4n) is 4.50. The molecule has 4 rings (SSSR count). The molecule has 0 spiro atoms. The molecule has 0 amide bonds. The zero-order valence-corrected chi connectivity index (χ0v) is 13.7. The van der Waals surface area contributed by atoms with Crippen molar-refractivity contribution in [3.63, 3.8) is 0 Å². The first-order valence-corrected chi connectivity index (χ1v) is 8.11. The Morgan fingerprint density at radius 2 is 1.59 bits per heavy atom. The maximum absolute atomic E-state index is 4.37.